The number of aryl methyl sites for hydroxylation is 1. The SMILES string of the molecule is Cn1cc(CNC(=O)c2ccn(Cn3cnc([N+](=O)[O-])n3)n2)cn1. The lowest BCUT2D eigenvalue weighted by molar-refractivity contribution is -0.394. The normalized spacial score (nSPS) is 10.7. The molecule has 12 nitrogen and oxygen atoms in total. The molecule has 0 unspecified atom stereocenters. The van der Waals surface area contributed by atoms with Crippen LogP contribution in [0.5, 0.6) is 0 Å². The molecule has 0 saturated heterocycles. The number of rotatable bonds is 6. The molecule has 0 aromatic carbocycles. The lowest BCUT2D eigenvalue weighted by atomic mass is 10.3. The van der Waals surface area contributed by atoms with Gasteiger partial charge in [-0.3, -0.25) is 9.48 Å². The summed E-state index contributed by atoms with van der Waals surface area (Å²) in [4.78, 5) is 25.4. The lowest BCUT2D eigenvalue weighted by Crippen LogP contribution is -2.23. The Morgan fingerprint density at radius 3 is 2.88 bits per heavy atom. The molecule has 0 spiro atoms. The van der Waals surface area contributed by atoms with Gasteiger partial charge in [0.2, 0.25) is 6.33 Å². The molecule has 3 aromatic rings. The van der Waals surface area contributed by atoms with Crippen molar-refractivity contribution in [2.24, 2.45) is 7.05 Å². The monoisotopic (exact) mass is 331 g/mol. The second-order valence-corrected chi connectivity index (χ2v) is 4.93. The van der Waals surface area contributed by atoms with E-state index >= 15 is 0 Å². The fourth-order valence-corrected chi connectivity index (χ4v) is 1.98. The molecule has 0 fully saturated rings. The molecule has 3 rings (SSSR count). The maximum Gasteiger partial charge on any atom is 0.491 e. The van der Waals surface area contributed by atoms with E-state index in [1.807, 2.05) is 0 Å². The van der Waals surface area contributed by atoms with Gasteiger partial charge in [0.15, 0.2) is 6.67 Å². The highest BCUT2D eigenvalue weighted by Crippen LogP contribution is 2.02. The van der Waals surface area contributed by atoms with Gasteiger partial charge in [-0.2, -0.15) is 14.9 Å². The highest BCUT2D eigenvalue weighted by atomic mass is 16.6. The van der Waals surface area contributed by atoms with Crippen molar-refractivity contribution < 1.29 is 9.72 Å². The van der Waals surface area contributed by atoms with Gasteiger partial charge in [0.25, 0.3) is 5.91 Å². The van der Waals surface area contributed by atoms with Crippen LogP contribution in [-0.4, -0.2) is 45.2 Å². The smallest absolute Gasteiger partial charge is 0.390 e. The zero-order chi connectivity index (χ0) is 17.1. The zero-order valence-corrected chi connectivity index (χ0v) is 12.6. The first-order chi connectivity index (χ1) is 11.5. The summed E-state index contributed by atoms with van der Waals surface area (Å²) in [6.07, 6.45) is 6.27. The van der Waals surface area contributed by atoms with Gasteiger partial charge in [-0.15, -0.1) is 0 Å². The van der Waals surface area contributed by atoms with Crippen molar-refractivity contribution in [1.82, 2.24) is 39.6 Å². The molecule has 24 heavy (non-hydrogen) atoms. The third-order valence-corrected chi connectivity index (χ3v) is 3.06. The minimum Gasteiger partial charge on any atom is -0.390 e. The van der Waals surface area contributed by atoms with Gasteiger partial charge in [-0.05, 0) is 11.0 Å². The average Bonchev–Trinajstić information content (AvgIpc) is 3.26. The van der Waals surface area contributed by atoms with E-state index < -0.39 is 10.9 Å². The van der Waals surface area contributed by atoms with Crippen molar-refractivity contribution in [2.45, 2.75) is 13.2 Å². The van der Waals surface area contributed by atoms with Crippen LogP contribution in [0.4, 0.5) is 5.95 Å². The van der Waals surface area contributed by atoms with Crippen molar-refractivity contribution in [3.05, 3.63) is 52.4 Å². The first-order valence-corrected chi connectivity index (χ1v) is 6.84. The van der Waals surface area contributed by atoms with E-state index in [1.165, 1.54) is 15.7 Å². The van der Waals surface area contributed by atoms with Gasteiger partial charge in [0, 0.05) is 36.6 Å². The quantitative estimate of drug-likeness (QED) is 0.477. The fraction of sp³-hybridized carbons (Fsp3) is 0.250. The van der Waals surface area contributed by atoms with E-state index in [9.17, 15) is 14.9 Å². The second kappa shape index (κ2) is 6.28. The lowest BCUT2D eigenvalue weighted by Gasteiger charge is -2.01. The Morgan fingerprint density at radius 1 is 1.38 bits per heavy atom. The molecule has 0 saturated carbocycles. The number of hydrogen-bond donors (Lipinski definition) is 1. The Balaban J connectivity index is 1.59. The number of carbonyl (C=O) groups is 1. The van der Waals surface area contributed by atoms with Crippen molar-refractivity contribution in [3.8, 4) is 0 Å². The van der Waals surface area contributed by atoms with Crippen molar-refractivity contribution in [1.29, 1.82) is 0 Å². The Kier molecular flexibility index (Phi) is 4.01. The maximum absolute atomic E-state index is 12.0. The Bertz CT molecular complexity index is 878. The van der Waals surface area contributed by atoms with E-state index in [0.29, 0.717) is 6.54 Å². The largest absolute Gasteiger partial charge is 0.491 e. The van der Waals surface area contributed by atoms with E-state index in [2.05, 4.69) is 25.6 Å². The van der Waals surface area contributed by atoms with Crippen LogP contribution in [-0.2, 0) is 20.3 Å². The number of nitro groups is 1. The van der Waals surface area contributed by atoms with Crippen molar-refractivity contribution >= 4 is 11.9 Å². The third-order valence-electron chi connectivity index (χ3n) is 3.06. The van der Waals surface area contributed by atoms with E-state index in [1.54, 1.807) is 36.4 Å². The van der Waals surface area contributed by atoms with Crippen LogP contribution < -0.4 is 5.32 Å². The topological polar surface area (TPSA) is 139 Å². The summed E-state index contributed by atoms with van der Waals surface area (Å²) in [7, 11) is 1.79. The Morgan fingerprint density at radius 2 is 2.21 bits per heavy atom. The summed E-state index contributed by atoms with van der Waals surface area (Å²) in [5, 5.41) is 25.1. The first-order valence-electron chi connectivity index (χ1n) is 6.84. The minimum atomic E-state index is -0.684. The van der Waals surface area contributed by atoms with Crippen LogP contribution in [0.2, 0.25) is 0 Å². The van der Waals surface area contributed by atoms with E-state index in [4.69, 9.17) is 0 Å². The third kappa shape index (κ3) is 3.43. The molecular formula is C12H13N9O3. The summed E-state index contributed by atoms with van der Waals surface area (Å²) in [6, 6.07) is 1.55. The highest BCUT2D eigenvalue weighted by molar-refractivity contribution is 5.92. The van der Waals surface area contributed by atoms with Crippen LogP contribution in [0, 0.1) is 10.1 Å². The predicted molar refractivity (Wildman–Crippen MR) is 78.7 cm³/mol. The predicted octanol–water partition coefficient (Wildman–Crippen LogP) is -0.448. The standard InChI is InChI=1S/C12H13N9O3/c1-18-6-9(5-15-18)4-13-11(22)10-2-3-19(16-10)8-20-7-14-12(17-20)21(23)24/h2-3,5-7H,4,8H2,1H3,(H,13,22). The summed E-state index contributed by atoms with van der Waals surface area (Å²) < 4.78 is 4.33. The molecule has 0 aliphatic carbocycles. The number of hydrogen-bond acceptors (Lipinski definition) is 7. The molecule has 1 amide bonds. The first kappa shape index (κ1) is 15.3. The molecule has 1 N–H and O–H groups in total. The van der Waals surface area contributed by atoms with Gasteiger partial charge < -0.3 is 15.4 Å². The number of carbonyl (C=O) groups excluding carboxylic acids is 1. The number of amides is 1. The number of nitrogens with one attached hydrogen (secondary N) is 1. The van der Waals surface area contributed by atoms with Crippen molar-refractivity contribution in [3.63, 3.8) is 0 Å². The molecule has 0 atom stereocenters. The van der Waals surface area contributed by atoms with Crippen molar-refractivity contribution in [2.75, 3.05) is 0 Å². The van der Waals surface area contributed by atoms with Gasteiger partial charge in [0.05, 0.1) is 6.20 Å². The molecule has 0 radical (unpaired) electrons. The second-order valence-electron chi connectivity index (χ2n) is 4.93. The average molecular weight is 331 g/mol. The highest BCUT2D eigenvalue weighted by Gasteiger charge is 2.14. The van der Waals surface area contributed by atoms with Gasteiger partial charge in [0.1, 0.15) is 5.69 Å². The van der Waals surface area contributed by atoms with Gasteiger partial charge in [-0.25, -0.2) is 4.68 Å². The summed E-state index contributed by atoms with van der Waals surface area (Å²) >= 11 is 0. The summed E-state index contributed by atoms with van der Waals surface area (Å²) in [6.45, 7) is 0.450. The molecule has 124 valence electrons. The summed E-state index contributed by atoms with van der Waals surface area (Å²) in [5.74, 6) is -0.821. The maximum atomic E-state index is 12.0. The van der Waals surface area contributed by atoms with Crippen LogP contribution >= 0.6 is 0 Å². The van der Waals surface area contributed by atoms with Crippen LogP contribution in [0.3, 0.4) is 0 Å². The van der Waals surface area contributed by atoms with E-state index in [-0.39, 0.29) is 18.3 Å². The molecule has 0 aliphatic rings. The van der Waals surface area contributed by atoms with Gasteiger partial charge >= 0.3 is 5.95 Å². The van der Waals surface area contributed by atoms with E-state index in [0.717, 1.165) is 5.56 Å². The molecule has 3 aromatic heterocycles. The Hall–Kier alpha value is -3.57. The molecule has 12 heteroatoms. The van der Waals surface area contributed by atoms with Gasteiger partial charge in [-0.1, -0.05) is 4.98 Å². The molecule has 3 heterocycles. The van der Waals surface area contributed by atoms with Crippen LogP contribution in [0.25, 0.3) is 0 Å². The minimum absolute atomic E-state index is 0.108. The van der Waals surface area contributed by atoms with Crippen LogP contribution in [0.15, 0.2) is 31.0 Å². The fourth-order valence-electron chi connectivity index (χ4n) is 1.98. The molecular weight excluding hydrogens is 318 g/mol. The zero-order valence-electron chi connectivity index (χ0n) is 12.6. The van der Waals surface area contributed by atoms with Crippen LogP contribution in [0.1, 0.15) is 16.1 Å². The number of nitrogens with zero attached hydrogens (tertiary/aromatic N) is 8. The summed E-state index contributed by atoms with van der Waals surface area (Å²) in [5.41, 5.74) is 1.11. The molecule has 0 aliphatic heterocycles. The number of aromatic nitrogens is 7. The Labute approximate surface area is 134 Å². The molecule has 0 bridgehead atoms.